The number of aryl methyl sites for hydroxylation is 1. The van der Waals surface area contributed by atoms with Gasteiger partial charge in [-0.05, 0) is 104 Å². The van der Waals surface area contributed by atoms with E-state index in [4.69, 9.17) is 5.11 Å². The molecule has 4 heteroatoms. The highest BCUT2D eigenvalue weighted by Crippen LogP contribution is 2.78. The molecule has 194 valence electrons. The van der Waals surface area contributed by atoms with Gasteiger partial charge in [0.1, 0.15) is 5.75 Å². The van der Waals surface area contributed by atoms with Crippen molar-refractivity contribution in [2.24, 2.45) is 22.7 Å². The van der Waals surface area contributed by atoms with Gasteiger partial charge in [-0.25, -0.2) is 0 Å². The normalized spacial score (nSPS) is 37.0. The first-order valence-corrected chi connectivity index (χ1v) is 14.6. The minimum absolute atomic E-state index is 0.0657. The van der Waals surface area contributed by atoms with Crippen LogP contribution in [0.4, 0.5) is 0 Å². The fourth-order valence-electron chi connectivity index (χ4n) is 9.57. The number of aliphatic carboxylic acids is 1. The van der Waals surface area contributed by atoms with Crippen LogP contribution in [0.2, 0.25) is 0 Å². The highest BCUT2D eigenvalue weighted by molar-refractivity contribution is 5.66. The highest BCUT2D eigenvalue weighted by Gasteiger charge is 2.74. The molecule has 4 nitrogen and oxygen atoms in total. The monoisotopic (exact) mass is 482 g/mol. The minimum Gasteiger partial charge on any atom is -0.508 e. The smallest absolute Gasteiger partial charge is 0.303 e. The molecule has 4 aliphatic carbocycles. The van der Waals surface area contributed by atoms with E-state index in [0.29, 0.717) is 35.3 Å². The summed E-state index contributed by atoms with van der Waals surface area (Å²) in [4.78, 5) is 10.6. The van der Waals surface area contributed by atoms with Crippen molar-refractivity contribution >= 4 is 5.97 Å². The van der Waals surface area contributed by atoms with E-state index in [1.807, 2.05) is 12.1 Å². The molecule has 0 saturated heterocycles. The lowest BCUT2D eigenvalue weighted by molar-refractivity contribution is -0.137. The lowest BCUT2D eigenvalue weighted by atomic mass is 9.45. The number of rotatable bonds is 11. The van der Waals surface area contributed by atoms with Crippen LogP contribution in [0.5, 0.6) is 5.75 Å². The van der Waals surface area contributed by atoms with E-state index < -0.39 is 11.6 Å². The molecular weight excluding hydrogens is 436 g/mol. The van der Waals surface area contributed by atoms with E-state index in [-0.39, 0.29) is 5.41 Å². The molecule has 2 unspecified atom stereocenters. The van der Waals surface area contributed by atoms with E-state index in [1.54, 1.807) is 0 Å². The summed E-state index contributed by atoms with van der Waals surface area (Å²) in [6.45, 7) is 2.45. The van der Waals surface area contributed by atoms with Gasteiger partial charge in [-0.1, -0.05) is 57.9 Å². The molecule has 0 amide bonds. The second kappa shape index (κ2) is 9.72. The first-order valence-electron chi connectivity index (χ1n) is 14.6. The average molecular weight is 483 g/mol. The maximum atomic E-state index is 11.7. The second-order valence-corrected chi connectivity index (χ2v) is 12.8. The number of fused-ring (bicyclic) bond motifs is 3. The summed E-state index contributed by atoms with van der Waals surface area (Å²) in [7, 11) is 0. The molecule has 0 radical (unpaired) electrons. The van der Waals surface area contributed by atoms with Crippen LogP contribution in [0.3, 0.4) is 0 Å². The zero-order chi connectivity index (χ0) is 24.7. The Labute approximate surface area is 211 Å². The Morgan fingerprint density at radius 2 is 1.63 bits per heavy atom. The molecule has 3 saturated carbocycles. The average Bonchev–Trinajstić information content (AvgIpc) is 3.19. The lowest BCUT2D eigenvalue weighted by Crippen LogP contribution is -2.54. The number of carboxylic acids is 1. The summed E-state index contributed by atoms with van der Waals surface area (Å²) >= 11 is 0. The van der Waals surface area contributed by atoms with Crippen LogP contribution in [-0.2, 0) is 11.2 Å². The molecule has 5 rings (SSSR count). The summed E-state index contributed by atoms with van der Waals surface area (Å²) in [6.07, 6.45) is 18.7. The van der Waals surface area contributed by atoms with Crippen LogP contribution >= 0.6 is 0 Å². The van der Waals surface area contributed by atoms with E-state index >= 15 is 0 Å². The van der Waals surface area contributed by atoms with Gasteiger partial charge in [0.05, 0.1) is 5.60 Å². The van der Waals surface area contributed by atoms with E-state index in [2.05, 4.69) is 13.0 Å². The molecular formula is C31H46O4. The number of aromatic hydroxyl groups is 1. The van der Waals surface area contributed by atoms with Gasteiger partial charge >= 0.3 is 5.97 Å². The molecule has 0 spiro atoms. The van der Waals surface area contributed by atoms with Crippen LogP contribution in [0.15, 0.2) is 18.2 Å². The van der Waals surface area contributed by atoms with Crippen molar-refractivity contribution in [3.8, 4) is 5.75 Å². The van der Waals surface area contributed by atoms with Crippen LogP contribution in [0.25, 0.3) is 0 Å². The Morgan fingerprint density at radius 3 is 2.31 bits per heavy atom. The third kappa shape index (κ3) is 4.22. The quantitative estimate of drug-likeness (QED) is 0.288. The molecule has 2 bridgehead atoms. The Kier molecular flexibility index (Phi) is 6.98. The van der Waals surface area contributed by atoms with Crippen molar-refractivity contribution in [3.63, 3.8) is 0 Å². The van der Waals surface area contributed by atoms with Crippen molar-refractivity contribution in [2.45, 2.75) is 128 Å². The van der Waals surface area contributed by atoms with E-state index in [1.165, 1.54) is 68.9 Å². The Balaban J connectivity index is 1.22. The van der Waals surface area contributed by atoms with Gasteiger partial charge in [-0.3, -0.25) is 4.79 Å². The number of carboxylic acid groups (broad SMARTS) is 1. The lowest BCUT2D eigenvalue weighted by Gasteiger charge is -2.59. The minimum atomic E-state index is -0.676. The Bertz CT molecular complexity index is 915. The third-order valence-corrected chi connectivity index (χ3v) is 11.3. The Hall–Kier alpha value is -1.55. The van der Waals surface area contributed by atoms with Crippen molar-refractivity contribution in [1.82, 2.24) is 0 Å². The number of carbonyl (C=O) groups is 1. The molecule has 1 aromatic rings. The third-order valence-electron chi connectivity index (χ3n) is 11.3. The van der Waals surface area contributed by atoms with Crippen molar-refractivity contribution in [1.29, 1.82) is 0 Å². The summed E-state index contributed by atoms with van der Waals surface area (Å²) in [6, 6.07) is 6.15. The van der Waals surface area contributed by atoms with Gasteiger partial charge in [0, 0.05) is 11.8 Å². The van der Waals surface area contributed by atoms with Crippen LogP contribution in [-0.4, -0.2) is 26.9 Å². The van der Waals surface area contributed by atoms with Crippen molar-refractivity contribution < 1.29 is 20.1 Å². The largest absolute Gasteiger partial charge is 0.508 e. The van der Waals surface area contributed by atoms with Gasteiger partial charge in [0.15, 0.2) is 0 Å². The number of unbranched alkanes of at least 4 members (excludes halogenated alkanes) is 7. The summed E-state index contributed by atoms with van der Waals surface area (Å²) in [5.74, 6) is 1.61. The Morgan fingerprint density at radius 1 is 0.971 bits per heavy atom. The van der Waals surface area contributed by atoms with E-state index in [9.17, 15) is 15.0 Å². The topological polar surface area (TPSA) is 77.8 Å². The number of phenolic OH excluding ortho intramolecular Hbond substituents is 1. The van der Waals surface area contributed by atoms with Crippen molar-refractivity contribution in [2.75, 3.05) is 0 Å². The second-order valence-electron chi connectivity index (χ2n) is 12.8. The number of benzene rings is 1. The molecule has 3 fully saturated rings. The van der Waals surface area contributed by atoms with Crippen LogP contribution in [0.1, 0.15) is 127 Å². The summed E-state index contributed by atoms with van der Waals surface area (Å²) in [5, 5.41) is 30.6. The highest BCUT2D eigenvalue weighted by atomic mass is 16.4. The maximum Gasteiger partial charge on any atom is 0.303 e. The van der Waals surface area contributed by atoms with Gasteiger partial charge in [0.25, 0.3) is 0 Å². The standard InChI is InChI=1S/C31H46O4/c1-29-21-23(10-8-6-4-2-3-5-7-9-11-27(33)34)28-25-14-13-24(32)20-22(25)12-15-26(28)30(29)16-18-31(29,35)19-17-30/h13-14,20,23,26,28,32,35H,2-12,15-19,21H2,1H3,(H,33,34)/t23-,26?,28?,29-,30?,31?/m0/s1. The van der Waals surface area contributed by atoms with E-state index in [0.717, 1.165) is 44.9 Å². The predicted octanol–water partition coefficient (Wildman–Crippen LogP) is 7.36. The van der Waals surface area contributed by atoms with Gasteiger partial charge in [-0.15, -0.1) is 0 Å². The molecule has 3 N–H and O–H groups in total. The maximum absolute atomic E-state index is 11.7. The first kappa shape index (κ1) is 25.1. The number of aliphatic hydroxyl groups is 1. The number of phenols is 1. The fraction of sp³-hybridized carbons (Fsp3) is 0.774. The number of hydrogen-bond acceptors (Lipinski definition) is 3. The SMILES string of the molecule is C[C@]12C[C@H](CCCCCCCCCCC(=O)O)C3c4ccc(O)cc4CCC3C13CCC2(O)CC3. The molecule has 0 aliphatic heterocycles. The van der Waals surface area contributed by atoms with Gasteiger partial charge < -0.3 is 15.3 Å². The molecule has 1 aromatic carbocycles. The van der Waals surface area contributed by atoms with Gasteiger partial charge in [-0.2, -0.15) is 0 Å². The van der Waals surface area contributed by atoms with Gasteiger partial charge in [0.2, 0.25) is 0 Å². The van der Waals surface area contributed by atoms with Crippen molar-refractivity contribution in [3.05, 3.63) is 29.3 Å². The first-order chi connectivity index (χ1) is 16.8. The molecule has 0 heterocycles. The summed E-state index contributed by atoms with van der Waals surface area (Å²) < 4.78 is 0. The zero-order valence-corrected chi connectivity index (χ0v) is 21.7. The summed E-state index contributed by atoms with van der Waals surface area (Å²) in [5.41, 5.74) is 2.79. The molecule has 0 aromatic heterocycles. The zero-order valence-electron chi connectivity index (χ0n) is 21.7. The van der Waals surface area contributed by atoms with Crippen LogP contribution < -0.4 is 0 Å². The molecule has 4 atom stereocenters. The number of hydrogen-bond donors (Lipinski definition) is 3. The predicted molar refractivity (Wildman–Crippen MR) is 139 cm³/mol. The molecule has 35 heavy (non-hydrogen) atoms. The fourth-order valence-corrected chi connectivity index (χ4v) is 9.57. The van der Waals surface area contributed by atoms with Crippen LogP contribution in [0, 0.1) is 22.7 Å². The molecule has 4 aliphatic rings.